The molecule has 1 aromatic rings. The third-order valence-electron chi connectivity index (χ3n) is 7.71. The number of hydrogen-bond acceptors (Lipinski definition) is 4. The largest absolute Gasteiger partial charge is 0.336 e. The number of carbonyl (C=O) groups is 1. The maximum atomic E-state index is 13.7. The smallest absolute Gasteiger partial charge is 0.272 e. The molecule has 3 fully saturated rings. The molecule has 2 aliphatic heterocycles. The van der Waals surface area contributed by atoms with E-state index in [1.807, 2.05) is 17.7 Å². The maximum Gasteiger partial charge on any atom is 0.272 e. The van der Waals surface area contributed by atoms with Crippen LogP contribution >= 0.6 is 0 Å². The lowest BCUT2D eigenvalue weighted by atomic mass is 9.95. The fourth-order valence-corrected chi connectivity index (χ4v) is 6.00. The molecule has 6 heteroatoms. The Hall–Kier alpha value is -1.40. The van der Waals surface area contributed by atoms with Crippen molar-refractivity contribution in [1.29, 1.82) is 0 Å². The van der Waals surface area contributed by atoms with Crippen LogP contribution in [0, 0.1) is 12.8 Å². The first-order valence-corrected chi connectivity index (χ1v) is 12.9. The zero-order valence-electron chi connectivity index (χ0n) is 19.9. The van der Waals surface area contributed by atoms with Gasteiger partial charge in [-0.3, -0.25) is 9.48 Å². The van der Waals surface area contributed by atoms with E-state index in [1.54, 1.807) is 0 Å². The molecule has 1 saturated carbocycles. The summed E-state index contributed by atoms with van der Waals surface area (Å²) < 4.78 is 1.89. The van der Waals surface area contributed by atoms with E-state index in [4.69, 9.17) is 0 Å². The Labute approximate surface area is 188 Å². The number of hydrogen-bond donors (Lipinski definition) is 0. The fraction of sp³-hybridized carbons (Fsp3) is 0.840. The fourth-order valence-electron chi connectivity index (χ4n) is 6.00. The molecule has 6 nitrogen and oxygen atoms in total. The summed E-state index contributed by atoms with van der Waals surface area (Å²) in [5.74, 6) is 0.774. The van der Waals surface area contributed by atoms with Crippen molar-refractivity contribution in [2.45, 2.75) is 84.2 Å². The quantitative estimate of drug-likeness (QED) is 0.631. The van der Waals surface area contributed by atoms with Gasteiger partial charge in [-0.1, -0.05) is 19.3 Å². The Balaban J connectivity index is 1.43. The number of likely N-dealkylation sites (tertiary alicyclic amines) is 2. The standard InChI is InChI=1S/C25H43N5O/c1-3-30-24(18-21(2)26-30)25(31)29(17-16-27-13-7-4-8-14-27)20-22-10-9-15-28(19-22)23-11-5-6-12-23/h18,22-23H,3-17,19-20H2,1-2H3/t22-/m0/s1. The summed E-state index contributed by atoms with van der Waals surface area (Å²) in [7, 11) is 0. The second-order valence-corrected chi connectivity index (χ2v) is 10.1. The Bertz CT molecular complexity index is 705. The molecule has 1 atom stereocenters. The van der Waals surface area contributed by atoms with Crippen LogP contribution in [0.5, 0.6) is 0 Å². The van der Waals surface area contributed by atoms with Crippen molar-refractivity contribution < 1.29 is 4.79 Å². The molecule has 0 spiro atoms. The predicted octanol–water partition coefficient (Wildman–Crippen LogP) is 3.79. The van der Waals surface area contributed by atoms with Crippen LogP contribution in [0.25, 0.3) is 0 Å². The summed E-state index contributed by atoms with van der Waals surface area (Å²) >= 11 is 0. The van der Waals surface area contributed by atoms with E-state index < -0.39 is 0 Å². The number of rotatable bonds is 8. The van der Waals surface area contributed by atoms with Crippen LogP contribution in [0.1, 0.15) is 80.9 Å². The lowest BCUT2D eigenvalue weighted by Gasteiger charge is -2.39. The minimum atomic E-state index is 0.178. The highest BCUT2D eigenvalue weighted by Crippen LogP contribution is 2.28. The Morgan fingerprint density at radius 1 is 1.06 bits per heavy atom. The number of amides is 1. The van der Waals surface area contributed by atoms with Crippen LogP contribution in [0.3, 0.4) is 0 Å². The van der Waals surface area contributed by atoms with Crippen molar-refractivity contribution in [3.05, 3.63) is 17.5 Å². The van der Waals surface area contributed by atoms with Crippen molar-refractivity contribution in [1.82, 2.24) is 24.5 Å². The van der Waals surface area contributed by atoms with Crippen LogP contribution in [-0.2, 0) is 6.54 Å². The zero-order valence-corrected chi connectivity index (χ0v) is 19.9. The van der Waals surface area contributed by atoms with Crippen molar-refractivity contribution in [3.8, 4) is 0 Å². The third-order valence-corrected chi connectivity index (χ3v) is 7.71. The van der Waals surface area contributed by atoms with Crippen molar-refractivity contribution in [3.63, 3.8) is 0 Å². The van der Waals surface area contributed by atoms with Gasteiger partial charge in [0.1, 0.15) is 5.69 Å². The molecule has 3 heterocycles. The van der Waals surface area contributed by atoms with Gasteiger partial charge in [0.15, 0.2) is 0 Å². The number of nitrogens with zero attached hydrogens (tertiary/aromatic N) is 5. The number of aryl methyl sites for hydroxylation is 2. The van der Waals surface area contributed by atoms with E-state index in [2.05, 4.69) is 26.7 Å². The van der Waals surface area contributed by atoms with Gasteiger partial charge in [0.05, 0.1) is 5.69 Å². The minimum absolute atomic E-state index is 0.178. The van der Waals surface area contributed by atoms with Crippen molar-refractivity contribution >= 4 is 5.91 Å². The Kier molecular flexibility index (Phi) is 8.05. The van der Waals surface area contributed by atoms with Gasteiger partial charge in [-0.2, -0.15) is 5.10 Å². The molecule has 0 aromatic carbocycles. The summed E-state index contributed by atoms with van der Waals surface area (Å²) in [6, 6.07) is 2.77. The first kappa shape index (κ1) is 22.8. The van der Waals surface area contributed by atoms with Gasteiger partial charge < -0.3 is 14.7 Å². The zero-order chi connectivity index (χ0) is 21.6. The summed E-state index contributed by atoms with van der Waals surface area (Å²) in [4.78, 5) is 21.1. The summed E-state index contributed by atoms with van der Waals surface area (Å²) in [6.07, 6.45) is 12.0. The van der Waals surface area contributed by atoms with Crippen LogP contribution in [0.2, 0.25) is 0 Å². The highest BCUT2D eigenvalue weighted by Gasteiger charge is 2.30. The molecule has 1 aliphatic carbocycles. The van der Waals surface area contributed by atoms with E-state index in [0.717, 1.165) is 43.6 Å². The molecular weight excluding hydrogens is 386 g/mol. The monoisotopic (exact) mass is 429 g/mol. The maximum absolute atomic E-state index is 13.7. The van der Waals surface area contributed by atoms with E-state index in [0.29, 0.717) is 5.92 Å². The first-order valence-electron chi connectivity index (χ1n) is 12.9. The SMILES string of the molecule is CCn1nc(C)cc1C(=O)N(CCN1CCCCC1)C[C@H]1CCCN(C2CCCC2)C1. The second-order valence-electron chi connectivity index (χ2n) is 10.1. The van der Waals surface area contributed by atoms with Crippen LogP contribution in [0.15, 0.2) is 6.07 Å². The molecule has 1 aromatic heterocycles. The summed E-state index contributed by atoms with van der Waals surface area (Å²) in [6.45, 7) is 12.3. The van der Waals surface area contributed by atoms with Crippen LogP contribution in [0.4, 0.5) is 0 Å². The first-order chi connectivity index (χ1) is 15.1. The molecular formula is C25H43N5O. The molecule has 0 radical (unpaired) electrons. The lowest BCUT2D eigenvalue weighted by Crippen LogP contribution is -2.48. The van der Waals surface area contributed by atoms with Gasteiger partial charge in [-0.15, -0.1) is 0 Å². The molecule has 174 valence electrons. The second kappa shape index (κ2) is 11.0. The molecule has 0 bridgehead atoms. The number of piperidine rings is 2. The number of aromatic nitrogens is 2. The predicted molar refractivity (Wildman–Crippen MR) is 125 cm³/mol. The average molecular weight is 430 g/mol. The molecule has 4 rings (SSSR count). The molecule has 31 heavy (non-hydrogen) atoms. The van der Waals surface area contributed by atoms with E-state index >= 15 is 0 Å². The van der Waals surface area contributed by atoms with Gasteiger partial charge in [-0.05, 0) is 84.0 Å². The van der Waals surface area contributed by atoms with E-state index in [-0.39, 0.29) is 5.91 Å². The van der Waals surface area contributed by atoms with Gasteiger partial charge in [0, 0.05) is 38.8 Å². The third kappa shape index (κ3) is 5.89. The molecule has 3 aliphatic rings. The minimum Gasteiger partial charge on any atom is -0.336 e. The molecule has 1 amide bonds. The highest BCUT2D eigenvalue weighted by atomic mass is 16.2. The summed E-state index contributed by atoms with van der Waals surface area (Å²) in [5.41, 5.74) is 1.70. The van der Waals surface area contributed by atoms with Gasteiger partial charge in [0.2, 0.25) is 0 Å². The van der Waals surface area contributed by atoms with E-state index in [1.165, 1.54) is 84.0 Å². The normalized spacial score (nSPS) is 24.0. The average Bonchev–Trinajstić information content (AvgIpc) is 3.47. The van der Waals surface area contributed by atoms with Gasteiger partial charge in [0.25, 0.3) is 5.91 Å². The Morgan fingerprint density at radius 3 is 2.58 bits per heavy atom. The van der Waals surface area contributed by atoms with Crippen molar-refractivity contribution in [2.75, 3.05) is 45.8 Å². The van der Waals surface area contributed by atoms with Gasteiger partial charge in [-0.25, -0.2) is 0 Å². The topological polar surface area (TPSA) is 44.6 Å². The van der Waals surface area contributed by atoms with Crippen LogP contribution < -0.4 is 0 Å². The van der Waals surface area contributed by atoms with Crippen LogP contribution in [-0.4, -0.2) is 82.2 Å². The Morgan fingerprint density at radius 2 is 1.84 bits per heavy atom. The molecule has 2 saturated heterocycles. The molecule has 0 unspecified atom stereocenters. The van der Waals surface area contributed by atoms with E-state index in [9.17, 15) is 4.79 Å². The van der Waals surface area contributed by atoms with Gasteiger partial charge >= 0.3 is 0 Å². The summed E-state index contributed by atoms with van der Waals surface area (Å²) in [5, 5.41) is 4.54. The molecule has 0 N–H and O–H groups in total. The number of carbonyl (C=O) groups excluding carboxylic acids is 1. The highest BCUT2D eigenvalue weighted by molar-refractivity contribution is 5.92. The van der Waals surface area contributed by atoms with Crippen molar-refractivity contribution in [2.24, 2.45) is 5.92 Å². The lowest BCUT2D eigenvalue weighted by molar-refractivity contribution is 0.0599.